The van der Waals surface area contributed by atoms with Crippen LogP contribution in [0.2, 0.25) is 0 Å². The summed E-state index contributed by atoms with van der Waals surface area (Å²) < 4.78 is 0. The molecule has 2 aromatic rings. The predicted octanol–water partition coefficient (Wildman–Crippen LogP) is 2.05. The van der Waals surface area contributed by atoms with Crippen LogP contribution in [-0.2, 0) is 0 Å². The topological polar surface area (TPSA) is 76.0 Å². The summed E-state index contributed by atoms with van der Waals surface area (Å²) in [6, 6.07) is 7.95. The molecule has 0 aliphatic carbocycles. The van der Waals surface area contributed by atoms with Crippen LogP contribution in [0, 0.1) is 17.2 Å². The van der Waals surface area contributed by atoms with Crippen molar-refractivity contribution >= 4 is 5.91 Å². The van der Waals surface area contributed by atoms with Crippen LogP contribution < -0.4 is 0 Å². The van der Waals surface area contributed by atoms with Crippen molar-refractivity contribution < 1.29 is 4.79 Å². The maximum Gasteiger partial charge on any atom is 0.270 e. The average molecular weight is 323 g/mol. The zero-order valence-corrected chi connectivity index (χ0v) is 13.9. The normalized spacial score (nSPS) is 20.7. The average Bonchev–Trinajstić information content (AvgIpc) is 3.22. The van der Waals surface area contributed by atoms with Crippen LogP contribution in [-0.4, -0.2) is 52.9 Å². The Balaban J connectivity index is 1.72. The summed E-state index contributed by atoms with van der Waals surface area (Å²) >= 11 is 0. The first-order chi connectivity index (χ1) is 11.6. The summed E-state index contributed by atoms with van der Waals surface area (Å²) in [6.45, 7) is 1.68. The third kappa shape index (κ3) is 3.17. The third-order valence-corrected chi connectivity index (χ3v) is 4.70. The second-order valence-corrected chi connectivity index (χ2v) is 6.36. The minimum Gasteiger partial charge on any atom is -0.356 e. The van der Waals surface area contributed by atoms with E-state index in [1.807, 2.05) is 25.4 Å². The van der Waals surface area contributed by atoms with Gasteiger partial charge >= 0.3 is 0 Å². The molecule has 0 radical (unpaired) electrons. The number of nitrogens with zero attached hydrogens (tertiary/aromatic N) is 4. The van der Waals surface area contributed by atoms with Crippen molar-refractivity contribution in [3.63, 3.8) is 0 Å². The first-order valence-corrected chi connectivity index (χ1v) is 8.04. The van der Waals surface area contributed by atoms with Gasteiger partial charge in [0, 0.05) is 38.2 Å². The number of nitrogens with one attached hydrogen (secondary N) is 1. The van der Waals surface area contributed by atoms with Crippen molar-refractivity contribution in [2.75, 3.05) is 27.2 Å². The van der Waals surface area contributed by atoms with Gasteiger partial charge < -0.3 is 9.88 Å². The van der Waals surface area contributed by atoms with Crippen molar-refractivity contribution in [2.45, 2.75) is 12.5 Å². The second-order valence-electron chi connectivity index (χ2n) is 6.36. The Morgan fingerprint density at radius 3 is 3.08 bits per heavy atom. The Kier molecular flexibility index (Phi) is 4.63. The summed E-state index contributed by atoms with van der Waals surface area (Å²) in [6.07, 6.45) is 6.29. The molecule has 0 saturated carbocycles. The van der Waals surface area contributed by atoms with Gasteiger partial charge in [-0.3, -0.25) is 14.7 Å². The van der Waals surface area contributed by atoms with Gasteiger partial charge in [0.1, 0.15) is 11.8 Å². The Morgan fingerprint density at radius 2 is 2.42 bits per heavy atom. The van der Waals surface area contributed by atoms with E-state index < -0.39 is 0 Å². The highest BCUT2D eigenvalue weighted by Crippen LogP contribution is 2.36. The van der Waals surface area contributed by atoms with Crippen LogP contribution in [0.25, 0.3) is 0 Å². The van der Waals surface area contributed by atoms with Crippen LogP contribution in [0.1, 0.15) is 34.1 Å². The standard InChI is InChI=1S/C18H21N5O/c1-22-7-5-15(17(22)14-4-3-6-20-11-14)12-23(2)18(24)16-8-13(9-19)10-21-16/h3-4,6,8,10-11,15,17,21H,5,7,12H2,1-2H3/t15-,17-/m0/s1. The number of H-pyrrole nitrogens is 1. The zero-order chi connectivity index (χ0) is 17.1. The molecule has 2 aromatic heterocycles. The highest BCUT2D eigenvalue weighted by atomic mass is 16.2. The summed E-state index contributed by atoms with van der Waals surface area (Å²) in [4.78, 5) is 23.7. The Morgan fingerprint density at radius 1 is 1.58 bits per heavy atom. The second kappa shape index (κ2) is 6.85. The van der Waals surface area contributed by atoms with E-state index in [-0.39, 0.29) is 11.9 Å². The number of nitriles is 1. The lowest BCUT2D eigenvalue weighted by molar-refractivity contribution is 0.0755. The molecule has 0 unspecified atom stereocenters. The summed E-state index contributed by atoms with van der Waals surface area (Å²) in [7, 11) is 3.93. The minimum atomic E-state index is -0.0870. The number of aromatic nitrogens is 2. The van der Waals surface area contributed by atoms with E-state index in [2.05, 4.69) is 28.0 Å². The smallest absolute Gasteiger partial charge is 0.270 e. The maximum atomic E-state index is 12.5. The van der Waals surface area contributed by atoms with E-state index >= 15 is 0 Å². The predicted molar refractivity (Wildman–Crippen MR) is 90.2 cm³/mol. The molecule has 0 spiro atoms. The van der Waals surface area contributed by atoms with E-state index in [0.29, 0.717) is 23.7 Å². The fourth-order valence-corrected chi connectivity index (χ4v) is 3.52. The summed E-state index contributed by atoms with van der Waals surface area (Å²) in [5.74, 6) is 0.273. The molecule has 1 aliphatic rings. The molecule has 0 aromatic carbocycles. The largest absolute Gasteiger partial charge is 0.356 e. The number of hydrogen-bond donors (Lipinski definition) is 1. The molecule has 6 heteroatoms. The molecule has 124 valence electrons. The number of rotatable bonds is 4. The van der Waals surface area contributed by atoms with Gasteiger partial charge in [-0.1, -0.05) is 6.07 Å². The number of carbonyl (C=O) groups is 1. The van der Waals surface area contributed by atoms with Crippen molar-refractivity contribution in [2.24, 2.45) is 5.92 Å². The number of amides is 1. The van der Waals surface area contributed by atoms with Gasteiger partial charge in [0.05, 0.1) is 5.56 Å². The van der Waals surface area contributed by atoms with E-state index in [1.54, 1.807) is 23.4 Å². The molecule has 24 heavy (non-hydrogen) atoms. The lowest BCUT2D eigenvalue weighted by Gasteiger charge is -2.28. The van der Waals surface area contributed by atoms with Crippen LogP contribution >= 0.6 is 0 Å². The van der Waals surface area contributed by atoms with Gasteiger partial charge in [0.25, 0.3) is 5.91 Å². The molecule has 1 fully saturated rings. The van der Waals surface area contributed by atoms with Gasteiger partial charge in [0.15, 0.2) is 0 Å². The first-order valence-electron chi connectivity index (χ1n) is 8.04. The fourth-order valence-electron chi connectivity index (χ4n) is 3.52. The van der Waals surface area contributed by atoms with E-state index in [4.69, 9.17) is 5.26 Å². The number of hydrogen-bond acceptors (Lipinski definition) is 4. The molecular formula is C18H21N5O. The summed E-state index contributed by atoms with van der Waals surface area (Å²) in [5.41, 5.74) is 2.12. The molecule has 3 rings (SSSR count). The Labute approximate surface area is 141 Å². The lowest BCUT2D eigenvalue weighted by atomic mass is 9.94. The number of likely N-dealkylation sites (tertiary alicyclic amines) is 1. The molecule has 1 saturated heterocycles. The first kappa shape index (κ1) is 16.2. The number of carbonyl (C=O) groups excluding carboxylic acids is 1. The van der Waals surface area contributed by atoms with E-state index in [1.165, 1.54) is 5.56 Å². The molecule has 1 N–H and O–H groups in total. The monoisotopic (exact) mass is 323 g/mol. The molecule has 3 heterocycles. The minimum absolute atomic E-state index is 0.0870. The van der Waals surface area contributed by atoms with Crippen molar-refractivity contribution in [1.29, 1.82) is 5.26 Å². The van der Waals surface area contributed by atoms with Gasteiger partial charge in [-0.2, -0.15) is 5.26 Å². The van der Waals surface area contributed by atoms with Crippen LogP contribution in [0.3, 0.4) is 0 Å². The SMILES string of the molecule is CN(C[C@@H]1CCN(C)[C@H]1c1cccnc1)C(=O)c1cc(C#N)c[nH]1. The molecule has 6 nitrogen and oxygen atoms in total. The van der Waals surface area contributed by atoms with E-state index in [0.717, 1.165) is 13.0 Å². The van der Waals surface area contributed by atoms with Crippen LogP contribution in [0.5, 0.6) is 0 Å². The third-order valence-electron chi connectivity index (χ3n) is 4.70. The maximum absolute atomic E-state index is 12.5. The molecule has 2 atom stereocenters. The van der Waals surface area contributed by atoms with Crippen molar-refractivity contribution in [3.05, 3.63) is 53.6 Å². The van der Waals surface area contributed by atoms with Crippen molar-refractivity contribution in [1.82, 2.24) is 19.8 Å². The van der Waals surface area contributed by atoms with Crippen molar-refractivity contribution in [3.8, 4) is 6.07 Å². The van der Waals surface area contributed by atoms with Gasteiger partial charge in [-0.15, -0.1) is 0 Å². The van der Waals surface area contributed by atoms with E-state index in [9.17, 15) is 4.79 Å². The Bertz CT molecular complexity index is 748. The number of aromatic amines is 1. The van der Waals surface area contributed by atoms with Gasteiger partial charge in [0.2, 0.25) is 0 Å². The number of pyridine rings is 1. The Hall–Kier alpha value is -2.65. The zero-order valence-electron chi connectivity index (χ0n) is 13.9. The van der Waals surface area contributed by atoms with Gasteiger partial charge in [-0.25, -0.2) is 0 Å². The van der Waals surface area contributed by atoms with Crippen LogP contribution in [0.15, 0.2) is 36.8 Å². The van der Waals surface area contributed by atoms with Gasteiger partial charge in [-0.05, 0) is 43.6 Å². The molecular weight excluding hydrogens is 302 g/mol. The highest BCUT2D eigenvalue weighted by molar-refractivity contribution is 5.92. The van der Waals surface area contributed by atoms with Crippen LogP contribution in [0.4, 0.5) is 0 Å². The molecule has 1 aliphatic heterocycles. The molecule has 1 amide bonds. The highest BCUT2D eigenvalue weighted by Gasteiger charge is 2.34. The fraction of sp³-hybridized carbons (Fsp3) is 0.389. The summed E-state index contributed by atoms with van der Waals surface area (Å²) in [5, 5.41) is 8.88. The molecule has 0 bridgehead atoms. The lowest BCUT2D eigenvalue weighted by Crippen LogP contribution is -2.34. The quantitative estimate of drug-likeness (QED) is 0.934.